The van der Waals surface area contributed by atoms with Crippen LogP contribution in [0.5, 0.6) is 11.5 Å². The number of nitrogens with one attached hydrogen (secondary N) is 1. The smallest absolute Gasteiger partial charge is 0.335 e. The van der Waals surface area contributed by atoms with E-state index in [1.54, 1.807) is 36.4 Å². The van der Waals surface area contributed by atoms with Crippen LogP contribution in [-0.2, 0) is 9.59 Å². The number of barbiturate groups is 1. The fraction of sp³-hybridized carbons (Fsp3) is 0.182. The van der Waals surface area contributed by atoms with Crippen molar-refractivity contribution in [1.29, 1.82) is 5.26 Å². The molecule has 0 aromatic heterocycles. The zero-order chi connectivity index (χ0) is 21.8. The van der Waals surface area contributed by atoms with E-state index < -0.39 is 17.8 Å². The number of carbonyl (C=O) groups excluding carboxylic acids is 3. The predicted octanol–water partition coefficient (Wildman–Crippen LogP) is 2.88. The van der Waals surface area contributed by atoms with Crippen molar-refractivity contribution in [3.05, 3.63) is 58.7 Å². The normalized spacial score (nSPS) is 15.1. The van der Waals surface area contributed by atoms with Crippen LogP contribution in [0.4, 0.5) is 10.5 Å². The number of urea groups is 1. The summed E-state index contributed by atoms with van der Waals surface area (Å²) in [6.45, 7) is 3.64. The molecule has 1 N–H and O–H groups in total. The number of imide groups is 2. The van der Waals surface area contributed by atoms with E-state index in [9.17, 15) is 14.4 Å². The molecule has 4 amide bonds. The van der Waals surface area contributed by atoms with Crippen molar-refractivity contribution in [3.63, 3.8) is 0 Å². The number of benzene rings is 2. The highest BCUT2D eigenvalue weighted by atomic mass is 16.5. The number of nitrogens with zero attached hydrogens (tertiary/aromatic N) is 2. The monoisotopic (exact) mass is 405 g/mol. The van der Waals surface area contributed by atoms with Gasteiger partial charge in [-0.05, 0) is 60.9 Å². The van der Waals surface area contributed by atoms with Crippen LogP contribution < -0.4 is 19.7 Å². The summed E-state index contributed by atoms with van der Waals surface area (Å²) >= 11 is 0. The van der Waals surface area contributed by atoms with Gasteiger partial charge in [-0.15, -0.1) is 0 Å². The molecule has 1 aliphatic heterocycles. The van der Waals surface area contributed by atoms with Gasteiger partial charge in [0.05, 0.1) is 12.8 Å². The number of anilines is 1. The fourth-order valence-corrected chi connectivity index (χ4v) is 2.93. The van der Waals surface area contributed by atoms with Crippen LogP contribution in [0.2, 0.25) is 0 Å². The van der Waals surface area contributed by atoms with E-state index in [1.165, 1.54) is 13.2 Å². The molecule has 8 heteroatoms. The van der Waals surface area contributed by atoms with Crippen molar-refractivity contribution in [3.8, 4) is 17.6 Å². The molecule has 0 atom stereocenters. The molecule has 1 saturated heterocycles. The number of aryl methyl sites for hydroxylation is 2. The molecule has 0 saturated carbocycles. The van der Waals surface area contributed by atoms with Crippen LogP contribution in [0.1, 0.15) is 16.7 Å². The van der Waals surface area contributed by atoms with E-state index in [2.05, 4.69) is 5.32 Å². The Morgan fingerprint density at radius 3 is 2.50 bits per heavy atom. The Morgan fingerprint density at radius 2 is 1.83 bits per heavy atom. The Bertz CT molecular complexity index is 1110. The van der Waals surface area contributed by atoms with Gasteiger partial charge in [0, 0.05) is 0 Å². The van der Waals surface area contributed by atoms with Gasteiger partial charge in [0.2, 0.25) is 0 Å². The van der Waals surface area contributed by atoms with Crippen LogP contribution in [0, 0.1) is 25.2 Å². The number of rotatable bonds is 5. The molecule has 0 bridgehead atoms. The lowest BCUT2D eigenvalue weighted by Gasteiger charge is -2.26. The molecule has 8 nitrogen and oxygen atoms in total. The summed E-state index contributed by atoms with van der Waals surface area (Å²) in [5.74, 6) is -0.817. The van der Waals surface area contributed by atoms with Crippen LogP contribution in [0.15, 0.2) is 42.0 Å². The molecule has 0 aliphatic carbocycles. The number of nitriles is 1. The maximum atomic E-state index is 13.0. The van der Waals surface area contributed by atoms with E-state index in [0.717, 1.165) is 16.0 Å². The number of ether oxygens (including phenoxy) is 2. The molecule has 152 valence electrons. The minimum absolute atomic E-state index is 0.148. The zero-order valence-corrected chi connectivity index (χ0v) is 16.7. The molecule has 2 aromatic carbocycles. The average molecular weight is 405 g/mol. The molecule has 0 radical (unpaired) electrons. The first kappa shape index (κ1) is 20.6. The second-order valence-corrected chi connectivity index (χ2v) is 6.58. The van der Waals surface area contributed by atoms with Gasteiger partial charge in [-0.1, -0.05) is 12.1 Å². The zero-order valence-electron chi connectivity index (χ0n) is 16.7. The number of hydrogen-bond acceptors (Lipinski definition) is 6. The molecular formula is C22H19N3O5. The van der Waals surface area contributed by atoms with Crippen molar-refractivity contribution in [1.82, 2.24) is 5.32 Å². The molecule has 1 aliphatic rings. The Hall–Kier alpha value is -4.12. The van der Waals surface area contributed by atoms with Gasteiger partial charge in [-0.25, -0.2) is 9.69 Å². The Morgan fingerprint density at radius 1 is 1.07 bits per heavy atom. The molecule has 1 heterocycles. The SMILES string of the molecule is COc1cc(/C=C2\C(=O)NC(=O)N(c3ccc(C)c(C)c3)C2=O)ccc1OCC#N. The van der Waals surface area contributed by atoms with Gasteiger partial charge in [0.25, 0.3) is 11.8 Å². The summed E-state index contributed by atoms with van der Waals surface area (Å²) in [5.41, 5.74) is 2.59. The number of carbonyl (C=O) groups is 3. The lowest BCUT2D eigenvalue weighted by atomic mass is 10.0. The summed E-state index contributed by atoms with van der Waals surface area (Å²) in [4.78, 5) is 38.6. The van der Waals surface area contributed by atoms with Crippen molar-refractivity contribution < 1.29 is 23.9 Å². The van der Waals surface area contributed by atoms with E-state index in [0.29, 0.717) is 22.7 Å². The summed E-state index contributed by atoms with van der Waals surface area (Å²) in [5, 5.41) is 10.9. The third-order valence-electron chi connectivity index (χ3n) is 4.64. The first-order valence-corrected chi connectivity index (χ1v) is 9.02. The van der Waals surface area contributed by atoms with E-state index in [4.69, 9.17) is 14.7 Å². The number of amides is 4. The van der Waals surface area contributed by atoms with Gasteiger partial charge >= 0.3 is 6.03 Å². The molecule has 3 rings (SSSR count). The first-order chi connectivity index (χ1) is 14.3. The molecule has 0 unspecified atom stereocenters. The Kier molecular flexibility index (Phi) is 5.83. The van der Waals surface area contributed by atoms with E-state index in [-0.39, 0.29) is 12.2 Å². The van der Waals surface area contributed by atoms with E-state index >= 15 is 0 Å². The lowest BCUT2D eigenvalue weighted by Crippen LogP contribution is -2.54. The second-order valence-electron chi connectivity index (χ2n) is 6.58. The Balaban J connectivity index is 1.98. The summed E-state index contributed by atoms with van der Waals surface area (Å²) in [6.07, 6.45) is 1.37. The van der Waals surface area contributed by atoms with Gasteiger partial charge in [-0.3, -0.25) is 14.9 Å². The van der Waals surface area contributed by atoms with Crippen molar-refractivity contribution >= 4 is 29.6 Å². The van der Waals surface area contributed by atoms with Gasteiger partial charge in [-0.2, -0.15) is 5.26 Å². The van der Waals surface area contributed by atoms with E-state index in [1.807, 2.05) is 19.9 Å². The van der Waals surface area contributed by atoms with Gasteiger partial charge < -0.3 is 9.47 Å². The van der Waals surface area contributed by atoms with Crippen LogP contribution in [0.25, 0.3) is 6.08 Å². The molecule has 30 heavy (non-hydrogen) atoms. The van der Waals surface area contributed by atoms with Crippen molar-refractivity contribution in [2.45, 2.75) is 13.8 Å². The van der Waals surface area contributed by atoms with Crippen LogP contribution in [-0.4, -0.2) is 31.6 Å². The average Bonchev–Trinajstić information content (AvgIpc) is 2.72. The summed E-state index contributed by atoms with van der Waals surface area (Å²) in [7, 11) is 1.43. The highest BCUT2D eigenvalue weighted by Crippen LogP contribution is 2.30. The lowest BCUT2D eigenvalue weighted by molar-refractivity contribution is -0.122. The van der Waals surface area contributed by atoms with Crippen molar-refractivity contribution in [2.24, 2.45) is 0 Å². The number of hydrogen-bond donors (Lipinski definition) is 1. The highest BCUT2D eigenvalue weighted by molar-refractivity contribution is 6.39. The summed E-state index contributed by atoms with van der Waals surface area (Å²) in [6, 6.07) is 11.0. The topological polar surface area (TPSA) is 109 Å². The largest absolute Gasteiger partial charge is 0.493 e. The van der Waals surface area contributed by atoms with Crippen LogP contribution in [0.3, 0.4) is 0 Å². The highest BCUT2D eigenvalue weighted by Gasteiger charge is 2.36. The summed E-state index contributed by atoms with van der Waals surface area (Å²) < 4.78 is 10.5. The third kappa shape index (κ3) is 4.00. The molecule has 0 spiro atoms. The maximum absolute atomic E-state index is 13.0. The molecular weight excluding hydrogens is 386 g/mol. The minimum Gasteiger partial charge on any atom is -0.493 e. The standard InChI is InChI=1S/C22H19N3O5/c1-13-4-6-16(10-14(13)2)25-21(27)17(20(26)24-22(25)28)11-15-5-7-18(30-9-8-23)19(12-15)29-3/h4-7,10-12H,9H2,1-3H3,(H,24,26,28)/b17-11+. The third-order valence-corrected chi connectivity index (χ3v) is 4.64. The second kappa shape index (κ2) is 8.49. The minimum atomic E-state index is -0.803. The quantitative estimate of drug-likeness (QED) is 0.605. The predicted molar refractivity (Wildman–Crippen MR) is 109 cm³/mol. The first-order valence-electron chi connectivity index (χ1n) is 9.02. The van der Waals surface area contributed by atoms with Gasteiger partial charge in [0.1, 0.15) is 11.6 Å². The Labute approximate surface area is 173 Å². The van der Waals surface area contributed by atoms with Crippen LogP contribution >= 0.6 is 0 Å². The molecule has 2 aromatic rings. The maximum Gasteiger partial charge on any atom is 0.335 e. The fourth-order valence-electron chi connectivity index (χ4n) is 2.93. The number of methoxy groups -OCH3 is 1. The van der Waals surface area contributed by atoms with Gasteiger partial charge in [0.15, 0.2) is 18.1 Å². The van der Waals surface area contributed by atoms with Crippen molar-refractivity contribution in [2.75, 3.05) is 18.6 Å². The molecule has 1 fully saturated rings.